The number of H-pyrrole nitrogens is 1. The third kappa shape index (κ3) is 3.43. The van der Waals surface area contributed by atoms with Gasteiger partial charge in [0, 0.05) is 29.2 Å². The molecule has 0 radical (unpaired) electrons. The summed E-state index contributed by atoms with van der Waals surface area (Å²) < 4.78 is 21.3. The number of phenols is 1. The molecule has 1 amide bonds. The number of carbonyl (C=O) groups is 3. The molecular weight excluding hydrogens is 562 g/mol. The van der Waals surface area contributed by atoms with Crippen LogP contribution in [0.25, 0.3) is 10.9 Å². The minimum atomic E-state index is -1.69. The number of ether oxygens (including phenoxy) is 4. The molecule has 0 spiro atoms. The number of hydrogen-bond acceptors (Lipinski definition) is 9. The molecule has 0 saturated heterocycles. The number of halogens is 1. The molecule has 0 unspecified atom stereocenters. The first kappa shape index (κ1) is 25.7. The van der Waals surface area contributed by atoms with Gasteiger partial charge in [0.15, 0.2) is 17.0 Å². The third-order valence-corrected chi connectivity index (χ3v) is 7.94. The summed E-state index contributed by atoms with van der Waals surface area (Å²) in [5, 5.41) is 14.8. The second-order valence-corrected chi connectivity index (χ2v) is 9.86. The number of nitrogens with one attached hydrogen (secondary N) is 2. The van der Waals surface area contributed by atoms with Crippen LogP contribution in [0.4, 0.5) is 11.4 Å². The second kappa shape index (κ2) is 9.12. The van der Waals surface area contributed by atoms with Gasteiger partial charge in [-0.3, -0.25) is 9.59 Å². The monoisotopic (exact) mass is 587 g/mol. The van der Waals surface area contributed by atoms with Gasteiger partial charge in [-0.25, -0.2) is 4.79 Å². The Bertz CT molecular complexity index is 1520. The molecule has 0 fully saturated rings. The Labute approximate surface area is 226 Å². The van der Waals surface area contributed by atoms with E-state index in [-0.39, 0.29) is 41.1 Å². The van der Waals surface area contributed by atoms with Crippen LogP contribution in [0.1, 0.15) is 39.3 Å². The standard InChI is InChI=1S/C26H26BrN3O8/c1-26(25(34)38-5)23(32)18-17-12(9-27)10-30(14(17)8-15(31)20(18)29-26)24(33)13-6-11-7-16(35-2)21(36-3)22(37-4)19(11)28-13/h6-8,12,28-29,31H,9-10H2,1-5H3/t12-,26-/m1/s1. The Morgan fingerprint density at radius 2 is 1.84 bits per heavy atom. The number of phenolic OH excluding ortho intramolecular Hbond substituents is 1. The number of ketones is 1. The predicted octanol–water partition coefficient (Wildman–Crippen LogP) is 3.58. The first-order valence-electron chi connectivity index (χ1n) is 11.7. The van der Waals surface area contributed by atoms with E-state index >= 15 is 0 Å². The van der Waals surface area contributed by atoms with E-state index in [9.17, 15) is 19.5 Å². The molecule has 5 rings (SSSR count). The molecule has 200 valence electrons. The van der Waals surface area contributed by atoms with E-state index in [1.54, 1.807) is 12.1 Å². The summed E-state index contributed by atoms with van der Waals surface area (Å²) in [4.78, 5) is 44.5. The quantitative estimate of drug-likeness (QED) is 0.171. The highest BCUT2D eigenvalue weighted by atomic mass is 79.9. The molecule has 2 atom stereocenters. The molecule has 2 aliphatic rings. The lowest BCUT2D eigenvalue weighted by atomic mass is 9.89. The fraction of sp³-hybridized carbons (Fsp3) is 0.346. The van der Waals surface area contributed by atoms with E-state index < -0.39 is 17.3 Å². The van der Waals surface area contributed by atoms with Crippen LogP contribution in [-0.2, 0) is 9.53 Å². The van der Waals surface area contributed by atoms with E-state index in [2.05, 4.69) is 26.2 Å². The summed E-state index contributed by atoms with van der Waals surface area (Å²) in [5.74, 6) is -0.981. The average molecular weight is 588 g/mol. The van der Waals surface area contributed by atoms with Gasteiger partial charge >= 0.3 is 5.97 Å². The number of benzene rings is 2. The van der Waals surface area contributed by atoms with Crippen molar-refractivity contribution in [1.82, 2.24) is 4.98 Å². The number of rotatable bonds is 6. The molecule has 3 heterocycles. The lowest BCUT2D eigenvalue weighted by Crippen LogP contribution is -2.47. The molecule has 11 nitrogen and oxygen atoms in total. The lowest BCUT2D eigenvalue weighted by Gasteiger charge is -2.20. The molecule has 2 aromatic carbocycles. The van der Waals surface area contributed by atoms with Gasteiger partial charge in [0.1, 0.15) is 11.4 Å². The van der Waals surface area contributed by atoms with E-state index in [0.717, 1.165) is 0 Å². The number of fused-ring (bicyclic) bond motifs is 4. The van der Waals surface area contributed by atoms with Crippen LogP contribution in [0.5, 0.6) is 23.0 Å². The van der Waals surface area contributed by atoms with Crippen molar-refractivity contribution in [1.29, 1.82) is 0 Å². The summed E-state index contributed by atoms with van der Waals surface area (Å²) in [5.41, 5.74) is 0.417. The van der Waals surface area contributed by atoms with E-state index in [0.29, 0.717) is 44.7 Å². The Balaban J connectivity index is 1.62. The van der Waals surface area contributed by atoms with Crippen molar-refractivity contribution in [3.05, 3.63) is 35.0 Å². The van der Waals surface area contributed by atoms with E-state index in [1.165, 1.54) is 46.3 Å². The predicted molar refractivity (Wildman–Crippen MR) is 143 cm³/mol. The molecule has 3 aromatic rings. The first-order valence-corrected chi connectivity index (χ1v) is 12.8. The largest absolute Gasteiger partial charge is 0.506 e. The normalized spacial score (nSPS) is 19.7. The molecule has 3 N–H and O–H groups in total. The maximum Gasteiger partial charge on any atom is 0.339 e. The topological polar surface area (TPSA) is 139 Å². The third-order valence-electron chi connectivity index (χ3n) is 7.16. The van der Waals surface area contributed by atoms with Gasteiger partial charge in [0.25, 0.3) is 5.91 Å². The first-order chi connectivity index (χ1) is 18.1. The number of anilines is 2. The molecule has 38 heavy (non-hydrogen) atoms. The zero-order valence-corrected chi connectivity index (χ0v) is 22.9. The van der Waals surface area contributed by atoms with Crippen molar-refractivity contribution in [3.63, 3.8) is 0 Å². The van der Waals surface area contributed by atoms with Crippen molar-refractivity contribution in [2.75, 3.05) is 50.5 Å². The maximum atomic E-state index is 13.8. The number of hydrogen-bond donors (Lipinski definition) is 3. The van der Waals surface area contributed by atoms with Crippen LogP contribution in [0.2, 0.25) is 0 Å². The van der Waals surface area contributed by atoms with Crippen LogP contribution in [-0.4, -0.2) is 73.6 Å². The number of nitrogens with zero attached hydrogens (tertiary/aromatic N) is 1. The van der Waals surface area contributed by atoms with Crippen LogP contribution in [0.15, 0.2) is 18.2 Å². The SMILES string of the molecule is COC(=O)[C@]1(C)Nc2c(O)cc3c(c2C1=O)[C@H](CBr)CN3C(=O)c1cc2cc(OC)c(OC)c(OC)c2[nH]1. The molecule has 1 aromatic heterocycles. The van der Waals surface area contributed by atoms with E-state index in [1.807, 2.05) is 0 Å². The zero-order valence-electron chi connectivity index (χ0n) is 21.4. The fourth-order valence-corrected chi connectivity index (χ4v) is 5.84. The summed E-state index contributed by atoms with van der Waals surface area (Å²) in [6.07, 6.45) is 0. The van der Waals surface area contributed by atoms with E-state index in [4.69, 9.17) is 18.9 Å². The molecular formula is C26H26BrN3O8. The summed E-state index contributed by atoms with van der Waals surface area (Å²) >= 11 is 3.50. The number of Topliss-reactive ketones (excluding diaryl/α,β-unsaturated/α-hetero) is 1. The van der Waals surface area contributed by atoms with Crippen LogP contribution >= 0.6 is 15.9 Å². The lowest BCUT2D eigenvalue weighted by molar-refractivity contribution is -0.143. The van der Waals surface area contributed by atoms with Crippen molar-refractivity contribution in [2.45, 2.75) is 18.4 Å². The number of esters is 1. The van der Waals surface area contributed by atoms with Crippen molar-refractivity contribution in [3.8, 4) is 23.0 Å². The fourth-order valence-electron chi connectivity index (χ4n) is 5.31. The molecule has 2 aliphatic heterocycles. The minimum absolute atomic E-state index is 0.149. The second-order valence-electron chi connectivity index (χ2n) is 9.21. The van der Waals surface area contributed by atoms with Gasteiger partial charge in [0.2, 0.25) is 11.5 Å². The minimum Gasteiger partial charge on any atom is -0.506 e. The molecule has 0 aliphatic carbocycles. The Morgan fingerprint density at radius 3 is 2.45 bits per heavy atom. The van der Waals surface area contributed by atoms with Gasteiger partial charge in [-0.1, -0.05) is 15.9 Å². The van der Waals surface area contributed by atoms with Gasteiger partial charge in [-0.15, -0.1) is 0 Å². The maximum absolute atomic E-state index is 13.8. The summed E-state index contributed by atoms with van der Waals surface area (Å²) in [6.45, 7) is 1.66. The van der Waals surface area contributed by atoms with Gasteiger partial charge in [-0.05, 0) is 24.6 Å². The molecule has 0 bridgehead atoms. The van der Waals surface area contributed by atoms with Crippen LogP contribution < -0.4 is 24.4 Å². The number of alkyl halides is 1. The average Bonchev–Trinajstić information content (AvgIpc) is 3.59. The Hall–Kier alpha value is -3.93. The highest BCUT2D eigenvalue weighted by Crippen LogP contribution is 2.51. The van der Waals surface area contributed by atoms with Crippen molar-refractivity contribution in [2.24, 2.45) is 0 Å². The van der Waals surface area contributed by atoms with Crippen molar-refractivity contribution >= 4 is 55.9 Å². The summed E-state index contributed by atoms with van der Waals surface area (Å²) in [7, 11) is 5.69. The number of amides is 1. The number of aromatic amines is 1. The number of aromatic nitrogens is 1. The van der Waals surface area contributed by atoms with Crippen LogP contribution in [0.3, 0.4) is 0 Å². The number of aromatic hydroxyl groups is 1. The summed E-state index contributed by atoms with van der Waals surface area (Å²) in [6, 6.07) is 4.85. The Kier molecular flexibility index (Phi) is 6.17. The highest BCUT2D eigenvalue weighted by molar-refractivity contribution is 9.09. The van der Waals surface area contributed by atoms with Gasteiger partial charge < -0.3 is 39.3 Å². The highest BCUT2D eigenvalue weighted by Gasteiger charge is 2.53. The van der Waals surface area contributed by atoms with Crippen molar-refractivity contribution < 1.29 is 38.4 Å². The van der Waals surface area contributed by atoms with Crippen LogP contribution in [0, 0.1) is 0 Å². The Morgan fingerprint density at radius 1 is 1.13 bits per heavy atom. The zero-order chi connectivity index (χ0) is 27.5. The van der Waals surface area contributed by atoms with Gasteiger partial charge in [-0.2, -0.15) is 0 Å². The molecule has 0 saturated carbocycles. The smallest absolute Gasteiger partial charge is 0.339 e. The number of carbonyl (C=O) groups excluding carboxylic acids is 3. The van der Waals surface area contributed by atoms with Gasteiger partial charge in [0.05, 0.1) is 50.9 Å². The number of methoxy groups -OCH3 is 4. The molecule has 12 heteroatoms.